The first kappa shape index (κ1) is 19.8. The zero-order chi connectivity index (χ0) is 21.0. The van der Waals surface area contributed by atoms with E-state index in [0.717, 1.165) is 0 Å². The van der Waals surface area contributed by atoms with Crippen molar-refractivity contribution in [1.29, 1.82) is 0 Å². The van der Waals surface area contributed by atoms with Gasteiger partial charge in [-0.2, -0.15) is 0 Å². The minimum absolute atomic E-state index is 0.0357. The standard InChI is InChI=1S/C21H16FNO6/c1-27-20(25)12-7-8-14(21(26)28-2)16(11-12)23-19(24)18-10-9-17(29-18)13-5-3-4-6-15(13)22/h3-11H,1-2H3,(H,23,24). The average molecular weight is 397 g/mol. The Morgan fingerprint density at radius 3 is 2.34 bits per heavy atom. The molecule has 2 aromatic carbocycles. The molecule has 148 valence electrons. The van der Waals surface area contributed by atoms with Crippen LogP contribution in [0.4, 0.5) is 10.1 Å². The van der Waals surface area contributed by atoms with Crippen LogP contribution in [0.5, 0.6) is 0 Å². The minimum atomic E-state index is -0.705. The van der Waals surface area contributed by atoms with E-state index in [1.165, 1.54) is 62.8 Å². The lowest BCUT2D eigenvalue weighted by molar-refractivity contribution is 0.0587. The average Bonchev–Trinajstić information content (AvgIpc) is 3.23. The molecule has 1 heterocycles. The molecule has 0 radical (unpaired) electrons. The van der Waals surface area contributed by atoms with Gasteiger partial charge in [0.25, 0.3) is 5.91 Å². The lowest BCUT2D eigenvalue weighted by Gasteiger charge is -2.10. The summed E-state index contributed by atoms with van der Waals surface area (Å²) in [6.07, 6.45) is 0. The predicted octanol–water partition coefficient (Wildman–Crippen LogP) is 3.91. The SMILES string of the molecule is COC(=O)c1ccc(C(=O)OC)c(NC(=O)c2ccc(-c3ccccc3F)o2)c1. The highest BCUT2D eigenvalue weighted by Crippen LogP contribution is 2.26. The molecule has 3 aromatic rings. The van der Waals surface area contributed by atoms with Gasteiger partial charge in [0, 0.05) is 0 Å². The van der Waals surface area contributed by atoms with Crippen LogP contribution in [0.3, 0.4) is 0 Å². The number of carbonyl (C=O) groups is 3. The number of esters is 2. The van der Waals surface area contributed by atoms with Gasteiger partial charge in [0.15, 0.2) is 5.76 Å². The number of benzene rings is 2. The number of hydrogen-bond acceptors (Lipinski definition) is 6. The zero-order valence-corrected chi connectivity index (χ0v) is 15.5. The maximum atomic E-state index is 13.9. The van der Waals surface area contributed by atoms with Gasteiger partial charge in [0.1, 0.15) is 11.6 Å². The molecule has 0 fully saturated rings. The Labute approximate surface area is 165 Å². The van der Waals surface area contributed by atoms with Crippen molar-refractivity contribution in [3.05, 3.63) is 77.3 Å². The fraction of sp³-hybridized carbons (Fsp3) is 0.0952. The first-order chi connectivity index (χ1) is 13.9. The fourth-order valence-corrected chi connectivity index (χ4v) is 2.63. The van der Waals surface area contributed by atoms with E-state index in [9.17, 15) is 18.8 Å². The molecule has 0 bridgehead atoms. The highest BCUT2D eigenvalue weighted by atomic mass is 19.1. The van der Waals surface area contributed by atoms with E-state index < -0.39 is 23.7 Å². The van der Waals surface area contributed by atoms with Gasteiger partial charge < -0.3 is 19.2 Å². The second-order valence-electron chi connectivity index (χ2n) is 5.84. The van der Waals surface area contributed by atoms with Crippen LogP contribution in [0.15, 0.2) is 59.0 Å². The van der Waals surface area contributed by atoms with Crippen molar-refractivity contribution in [3.8, 4) is 11.3 Å². The molecule has 1 aromatic heterocycles. The lowest BCUT2D eigenvalue weighted by atomic mass is 10.1. The molecular weight excluding hydrogens is 381 g/mol. The molecule has 0 spiro atoms. The van der Waals surface area contributed by atoms with Crippen LogP contribution in [-0.2, 0) is 9.47 Å². The Kier molecular flexibility index (Phi) is 5.73. The van der Waals surface area contributed by atoms with Gasteiger partial charge in [-0.1, -0.05) is 12.1 Å². The highest BCUT2D eigenvalue weighted by Gasteiger charge is 2.20. The molecule has 0 unspecified atom stereocenters. The largest absolute Gasteiger partial charge is 0.465 e. The summed E-state index contributed by atoms with van der Waals surface area (Å²) in [7, 11) is 2.40. The molecule has 0 aliphatic rings. The van der Waals surface area contributed by atoms with E-state index in [1.54, 1.807) is 6.07 Å². The van der Waals surface area contributed by atoms with Gasteiger partial charge in [-0.25, -0.2) is 14.0 Å². The summed E-state index contributed by atoms with van der Waals surface area (Å²) in [4.78, 5) is 36.3. The quantitative estimate of drug-likeness (QED) is 0.656. The summed E-state index contributed by atoms with van der Waals surface area (Å²) < 4.78 is 28.7. The van der Waals surface area contributed by atoms with Crippen molar-refractivity contribution < 1.29 is 32.7 Å². The number of hydrogen-bond donors (Lipinski definition) is 1. The van der Waals surface area contributed by atoms with Crippen LogP contribution >= 0.6 is 0 Å². The number of furan rings is 1. The van der Waals surface area contributed by atoms with Crippen LogP contribution in [-0.4, -0.2) is 32.1 Å². The van der Waals surface area contributed by atoms with E-state index >= 15 is 0 Å². The number of carbonyl (C=O) groups excluding carboxylic acids is 3. The van der Waals surface area contributed by atoms with Crippen LogP contribution in [0.1, 0.15) is 31.3 Å². The molecular formula is C21H16FNO6. The van der Waals surface area contributed by atoms with Crippen molar-refractivity contribution in [2.75, 3.05) is 19.5 Å². The van der Waals surface area contributed by atoms with Crippen molar-refractivity contribution in [3.63, 3.8) is 0 Å². The number of rotatable bonds is 5. The number of nitrogens with one attached hydrogen (secondary N) is 1. The Hall–Kier alpha value is -3.94. The van der Waals surface area contributed by atoms with Crippen molar-refractivity contribution in [1.82, 2.24) is 0 Å². The van der Waals surface area contributed by atoms with Crippen molar-refractivity contribution in [2.24, 2.45) is 0 Å². The summed E-state index contributed by atoms with van der Waals surface area (Å²) in [5.74, 6) is -2.47. The van der Waals surface area contributed by atoms with E-state index in [4.69, 9.17) is 9.15 Å². The van der Waals surface area contributed by atoms with Crippen LogP contribution < -0.4 is 5.32 Å². The summed E-state index contributed by atoms with van der Waals surface area (Å²) in [6.45, 7) is 0. The summed E-state index contributed by atoms with van der Waals surface area (Å²) in [6, 6.07) is 12.8. The molecule has 1 N–H and O–H groups in total. The normalized spacial score (nSPS) is 10.3. The number of ether oxygens (including phenoxy) is 2. The molecule has 0 aliphatic heterocycles. The Balaban J connectivity index is 1.91. The first-order valence-corrected chi connectivity index (χ1v) is 8.41. The smallest absolute Gasteiger partial charge is 0.339 e. The molecule has 0 aliphatic carbocycles. The van der Waals surface area contributed by atoms with Gasteiger partial charge in [-0.05, 0) is 42.5 Å². The fourth-order valence-electron chi connectivity index (χ4n) is 2.63. The molecule has 0 atom stereocenters. The lowest BCUT2D eigenvalue weighted by Crippen LogP contribution is -2.16. The summed E-state index contributed by atoms with van der Waals surface area (Å²) in [5.41, 5.74) is 0.402. The minimum Gasteiger partial charge on any atom is -0.465 e. The third kappa shape index (κ3) is 4.16. The number of methoxy groups -OCH3 is 2. The van der Waals surface area contributed by atoms with E-state index in [2.05, 4.69) is 10.1 Å². The number of amides is 1. The molecule has 7 nitrogen and oxygen atoms in total. The number of halogens is 1. The van der Waals surface area contributed by atoms with Gasteiger partial charge >= 0.3 is 11.9 Å². The predicted molar refractivity (Wildman–Crippen MR) is 101 cm³/mol. The second-order valence-corrected chi connectivity index (χ2v) is 5.84. The van der Waals surface area contributed by atoms with Gasteiger partial charge in [0.05, 0.1) is 36.6 Å². The third-order valence-corrected chi connectivity index (χ3v) is 4.06. The van der Waals surface area contributed by atoms with Crippen molar-refractivity contribution in [2.45, 2.75) is 0 Å². The number of anilines is 1. The summed E-state index contributed by atoms with van der Waals surface area (Å²) >= 11 is 0. The van der Waals surface area contributed by atoms with E-state index in [-0.39, 0.29) is 33.9 Å². The molecule has 8 heteroatoms. The Morgan fingerprint density at radius 2 is 1.66 bits per heavy atom. The second kappa shape index (κ2) is 8.39. The highest BCUT2D eigenvalue weighted by molar-refractivity contribution is 6.08. The monoisotopic (exact) mass is 397 g/mol. The molecule has 0 saturated heterocycles. The van der Waals surface area contributed by atoms with E-state index in [0.29, 0.717) is 0 Å². The first-order valence-electron chi connectivity index (χ1n) is 8.41. The van der Waals surface area contributed by atoms with Gasteiger partial charge in [0.2, 0.25) is 0 Å². The molecule has 1 amide bonds. The van der Waals surface area contributed by atoms with Crippen LogP contribution in [0.25, 0.3) is 11.3 Å². The van der Waals surface area contributed by atoms with Gasteiger partial charge in [-0.15, -0.1) is 0 Å². The maximum absolute atomic E-state index is 13.9. The van der Waals surface area contributed by atoms with E-state index in [1.807, 2.05) is 0 Å². The van der Waals surface area contributed by atoms with Crippen molar-refractivity contribution >= 4 is 23.5 Å². The Bertz CT molecular complexity index is 1090. The molecule has 29 heavy (non-hydrogen) atoms. The topological polar surface area (TPSA) is 94.8 Å². The molecule has 0 saturated carbocycles. The third-order valence-electron chi connectivity index (χ3n) is 4.06. The van der Waals surface area contributed by atoms with Gasteiger partial charge in [-0.3, -0.25) is 4.79 Å². The maximum Gasteiger partial charge on any atom is 0.339 e. The summed E-state index contributed by atoms with van der Waals surface area (Å²) in [5, 5.41) is 2.51. The zero-order valence-electron chi connectivity index (χ0n) is 15.5. The van der Waals surface area contributed by atoms with Crippen LogP contribution in [0, 0.1) is 5.82 Å². The Morgan fingerprint density at radius 1 is 0.931 bits per heavy atom. The van der Waals surface area contributed by atoms with Crippen LogP contribution in [0.2, 0.25) is 0 Å². The molecule has 3 rings (SSSR count).